The van der Waals surface area contributed by atoms with Crippen molar-refractivity contribution in [3.8, 4) is 0 Å². The molecule has 0 bridgehead atoms. The lowest BCUT2D eigenvalue weighted by atomic mass is 10.1. The van der Waals surface area contributed by atoms with Gasteiger partial charge in [0.2, 0.25) is 0 Å². The summed E-state index contributed by atoms with van der Waals surface area (Å²) in [5.74, 6) is 0. The van der Waals surface area contributed by atoms with Crippen LogP contribution >= 0.6 is 12.2 Å². The first-order chi connectivity index (χ1) is 11.6. The highest BCUT2D eigenvalue weighted by atomic mass is 32.1. The molecule has 2 heterocycles. The average Bonchev–Trinajstić information content (AvgIpc) is 2.91. The van der Waals surface area contributed by atoms with Crippen LogP contribution in [0.5, 0.6) is 0 Å². The molecule has 2 aliphatic rings. The highest BCUT2D eigenvalue weighted by molar-refractivity contribution is 7.80. The number of hydrogen-bond donors (Lipinski definition) is 1. The van der Waals surface area contributed by atoms with Crippen LogP contribution in [0.2, 0.25) is 36.3 Å². The van der Waals surface area contributed by atoms with E-state index in [1.165, 1.54) is 0 Å². The standard InChI is InChI=1S/C18H37NO4SSi2/c1-17(2,3)25(7,8)20-11-12-13(23-26(9,10)18(4,5)6)14-15(21-12)19-16(24)22-14/h12-15H,11H2,1-10H3,(H,19,24)/t12-,13-,14-,15+/m1/s1. The fourth-order valence-corrected chi connectivity index (χ4v) is 5.11. The minimum Gasteiger partial charge on any atom is -0.460 e. The van der Waals surface area contributed by atoms with Crippen LogP contribution in [0.1, 0.15) is 41.5 Å². The van der Waals surface area contributed by atoms with Crippen LogP contribution in [0, 0.1) is 0 Å². The van der Waals surface area contributed by atoms with Gasteiger partial charge in [0.1, 0.15) is 12.2 Å². The Balaban J connectivity index is 2.15. The maximum Gasteiger partial charge on any atom is 0.259 e. The van der Waals surface area contributed by atoms with Crippen molar-refractivity contribution in [2.24, 2.45) is 0 Å². The van der Waals surface area contributed by atoms with Gasteiger partial charge in [-0.25, -0.2) is 0 Å². The van der Waals surface area contributed by atoms with Crippen molar-refractivity contribution < 1.29 is 18.3 Å². The van der Waals surface area contributed by atoms with Crippen LogP contribution in [-0.4, -0.2) is 53.0 Å². The third-order valence-electron chi connectivity index (χ3n) is 6.46. The molecule has 0 aromatic carbocycles. The first kappa shape index (κ1) is 22.3. The molecule has 0 spiro atoms. The molecule has 0 aromatic rings. The van der Waals surface area contributed by atoms with E-state index in [2.05, 4.69) is 73.0 Å². The fraction of sp³-hybridized carbons (Fsp3) is 0.944. The topological polar surface area (TPSA) is 49.0 Å². The molecule has 2 fully saturated rings. The molecule has 1 N–H and O–H groups in total. The predicted octanol–water partition coefficient (Wildman–Crippen LogP) is 4.40. The molecule has 0 radical (unpaired) electrons. The third-order valence-corrected chi connectivity index (χ3v) is 15.7. The SMILES string of the molecule is CC(C)(C)[Si](C)(C)OC[C@H]1O[C@@H]2NC(=S)O[C@@H]2[C@@H]1O[Si](C)(C)C(C)(C)C. The van der Waals surface area contributed by atoms with Gasteiger partial charge in [0, 0.05) is 0 Å². The molecule has 2 saturated heterocycles. The molecule has 2 aliphatic heterocycles. The van der Waals surface area contributed by atoms with Crippen molar-refractivity contribution in [1.29, 1.82) is 0 Å². The highest BCUT2D eigenvalue weighted by Gasteiger charge is 2.55. The van der Waals surface area contributed by atoms with E-state index in [0.29, 0.717) is 11.8 Å². The van der Waals surface area contributed by atoms with Gasteiger partial charge < -0.3 is 23.6 Å². The second kappa shape index (κ2) is 7.11. The Morgan fingerprint density at radius 2 is 1.54 bits per heavy atom. The van der Waals surface area contributed by atoms with Gasteiger partial charge in [-0.15, -0.1) is 0 Å². The predicted molar refractivity (Wildman–Crippen MR) is 114 cm³/mol. The van der Waals surface area contributed by atoms with Gasteiger partial charge in [-0.05, 0) is 48.5 Å². The van der Waals surface area contributed by atoms with Gasteiger partial charge in [-0.2, -0.15) is 0 Å². The first-order valence-electron chi connectivity index (χ1n) is 9.49. The van der Waals surface area contributed by atoms with Crippen molar-refractivity contribution in [2.45, 2.75) is 102 Å². The maximum absolute atomic E-state index is 6.71. The van der Waals surface area contributed by atoms with E-state index in [-0.39, 0.29) is 34.6 Å². The first-order valence-corrected chi connectivity index (χ1v) is 15.7. The van der Waals surface area contributed by atoms with Crippen molar-refractivity contribution >= 4 is 34.0 Å². The number of hydrogen-bond acceptors (Lipinski definition) is 5. The monoisotopic (exact) mass is 419 g/mol. The normalized spacial score (nSPS) is 30.2. The molecule has 4 atom stereocenters. The number of nitrogens with one attached hydrogen (secondary N) is 1. The molecule has 0 aliphatic carbocycles. The molecule has 0 unspecified atom stereocenters. The van der Waals surface area contributed by atoms with E-state index in [0.717, 1.165) is 0 Å². The van der Waals surface area contributed by atoms with E-state index >= 15 is 0 Å². The lowest BCUT2D eigenvalue weighted by Gasteiger charge is -2.41. The largest absolute Gasteiger partial charge is 0.460 e. The zero-order chi connectivity index (χ0) is 20.1. The number of rotatable bonds is 5. The Bertz CT molecular complexity index is 542. The van der Waals surface area contributed by atoms with Gasteiger partial charge in [0.05, 0.1) is 6.61 Å². The summed E-state index contributed by atoms with van der Waals surface area (Å²) in [4.78, 5) is 0. The van der Waals surface area contributed by atoms with E-state index in [1.54, 1.807) is 0 Å². The zero-order valence-corrected chi connectivity index (χ0v) is 20.9. The maximum atomic E-state index is 6.71. The smallest absolute Gasteiger partial charge is 0.259 e. The Hall–Kier alpha value is 0.00377. The van der Waals surface area contributed by atoms with Gasteiger partial charge in [0.25, 0.3) is 5.17 Å². The molecular formula is C18H37NO4SSi2. The Morgan fingerprint density at radius 3 is 2.04 bits per heavy atom. The molecule has 2 rings (SSSR count). The molecule has 0 aromatic heterocycles. The molecule has 26 heavy (non-hydrogen) atoms. The summed E-state index contributed by atoms with van der Waals surface area (Å²) in [6, 6.07) is 0. The summed E-state index contributed by atoms with van der Waals surface area (Å²) in [5, 5.41) is 3.78. The molecule has 0 amide bonds. The third kappa shape index (κ3) is 4.52. The van der Waals surface area contributed by atoms with Crippen molar-refractivity contribution in [3.63, 3.8) is 0 Å². The number of thiocarbonyl (C=S) groups is 1. The number of fused-ring (bicyclic) bond motifs is 1. The van der Waals surface area contributed by atoms with Crippen LogP contribution in [0.4, 0.5) is 0 Å². The van der Waals surface area contributed by atoms with Crippen molar-refractivity contribution in [3.05, 3.63) is 0 Å². The van der Waals surface area contributed by atoms with Gasteiger partial charge >= 0.3 is 0 Å². The highest BCUT2D eigenvalue weighted by Crippen LogP contribution is 2.42. The summed E-state index contributed by atoms with van der Waals surface area (Å²) < 4.78 is 25.2. The molecule has 5 nitrogen and oxygen atoms in total. The quantitative estimate of drug-likeness (QED) is 0.526. The molecule has 8 heteroatoms. The Kier molecular flexibility index (Phi) is 6.10. The second-order valence-electron chi connectivity index (χ2n) is 10.5. The summed E-state index contributed by atoms with van der Waals surface area (Å²) in [7, 11) is -3.84. The molecule has 0 saturated carbocycles. The van der Waals surface area contributed by atoms with Crippen molar-refractivity contribution in [2.75, 3.05) is 6.61 Å². The Morgan fingerprint density at radius 1 is 1.00 bits per heavy atom. The van der Waals surface area contributed by atoms with Crippen molar-refractivity contribution in [1.82, 2.24) is 5.32 Å². The van der Waals surface area contributed by atoms with Crippen LogP contribution in [0.3, 0.4) is 0 Å². The molecular weight excluding hydrogens is 382 g/mol. The second-order valence-corrected chi connectivity index (χ2v) is 20.5. The zero-order valence-electron chi connectivity index (χ0n) is 18.1. The van der Waals surface area contributed by atoms with Gasteiger partial charge in [0.15, 0.2) is 29.0 Å². The summed E-state index contributed by atoms with van der Waals surface area (Å²) >= 11 is 5.17. The summed E-state index contributed by atoms with van der Waals surface area (Å²) in [5.41, 5.74) is 0. The van der Waals surface area contributed by atoms with E-state index in [4.69, 9.17) is 30.5 Å². The summed E-state index contributed by atoms with van der Waals surface area (Å²) in [6.45, 7) is 23.0. The van der Waals surface area contributed by atoms with E-state index in [1.807, 2.05) is 0 Å². The van der Waals surface area contributed by atoms with Gasteiger partial charge in [-0.3, -0.25) is 0 Å². The minimum atomic E-state index is -1.98. The Labute approximate surface area is 166 Å². The van der Waals surface area contributed by atoms with Gasteiger partial charge in [-0.1, -0.05) is 41.5 Å². The van der Waals surface area contributed by atoms with E-state index < -0.39 is 16.6 Å². The van der Waals surface area contributed by atoms with Crippen LogP contribution < -0.4 is 5.32 Å². The van der Waals surface area contributed by atoms with Crippen LogP contribution in [-0.2, 0) is 18.3 Å². The number of ether oxygens (including phenoxy) is 2. The summed E-state index contributed by atoms with van der Waals surface area (Å²) in [6.07, 6.45) is -0.766. The van der Waals surface area contributed by atoms with E-state index in [9.17, 15) is 0 Å². The van der Waals surface area contributed by atoms with Crippen LogP contribution in [0.15, 0.2) is 0 Å². The van der Waals surface area contributed by atoms with Crippen LogP contribution in [0.25, 0.3) is 0 Å². The minimum absolute atomic E-state index is 0.114. The fourth-order valence-electron chi connectivity index (χ4n) is 2.55. The lowest BCUT2D eigenvalue weighted by molar-refractivity contribution is -0.0197. The average molecular weight is 420 g/mol. The lowest BCUT2D eigenvalue weighted by Crippen LogP contribution is -2.51. The molecule has 152 valence electrons.